The van der Waals surface area contributed by atoms with Crippen molar-refractivity contribution in [3.05, 3.63) is 77.1 Å². The second kappa shape index (κ2) is 9.11. The van der Waals surface area contributed by atoms with Gasteiger partial charge in [0.05, 0.1) is 12.2 Å². The molecule has 6 nitrogen and oxygen atoms in total. The number of piperazine rings is 1. The first kappa shape index (κ1) is 19.5. The Morgan fingerprint density at radius 2 is 1.55 bits per heavy atom. The summed E-state index contributed by atoms with van der Waals surface area (Å²) in [4.78, 5) is 4.93. The molecule has 4 rings (SSSR count). The zero-order valence-corrected chi connectivity index (χ0v) is 17.2. The van der Waals surface area contributed by atoms with Crippen molar-refractivity contribution in [1.82, 2.24) is 30.0 Å². The normalized spacial score (nSPS) is 15.9. The Hall–Kier alpha value is -2.83. The average Bonchev–Trinajstić information content (AvgIpc) is 3.18. The summed E-state index contributed by atoms with van der Waals surface area (Å²) in [6.45, 7) is 10.1. The summed E-state index contributed by atoms with van der Waals surface area (Å²) in [6.07, 6.45) is 4.46. The van der Waals surface area contributed by atoms with Crippen LogP contribution in [0.4, 0.5) is 0 Å². The van der Waals surface area contributed by atoms with Gasteiger partial charge in [-0.05, 0) is 41.0 Å². The van der Waals surface area contributed by atoms with Crippen molar-refractivity contribution in [3.8, 4) is 5.69 Å². The van der Waals surface area contributed by atoms with Gasteiger partial charge in [0.25, 0.3) is 0 Å². The minimum absolute atomic E-state index is 0.772. The predicted octanol–water partition coefficient (Wildman–Crippen LogP) is 3.11. The molecule has 1 fully saturated rings. The van der Waals surface area contributed by atoms with E-state index in [4.69, 9.17) is 0 Å². The van der Waals surface area contributed by atoms with Gasteiger partial charge in [-0.15, -0.1) is 5.10 Å². The fourth-order valence-electron chi connectivity index (χ4n) is 3.85. The molecule has 1 aromatic heterocycles. The van der Waals surface area contributed by atoms with Gasteiger partial charge in [-0.2, -0.15) is 4.68 Å². The predicted molar refractivity (Wildman–Crippen MR) is 116 cm³/mol. The molecule has 0 N–H and O–H groups in total. The van der Waals surface area contributed by atoms with Gasteiger partial charge in [0.15, 0.2) is 5.82 Å². The van der Waals surface area contributed by atoms with Crippen LogP contribution in [0.5, 0.6) is 0 Å². The molecule has 3 aromatic rings. The Morgan fingerprint density at radius 3 is 2.28 bits per heavy atom. The molecule has 2 aromatic carbocycles. The summed E-state index contributed by atoms with van der Waals surface area (Å²) >= 11 is 0. The number of para-hydroxylation sites is 1. The number of rotatable bonds is 6. The number of benzene rings is 2. The van der Waals surface area contributed by atoms with Crippen LogP contribution in [0.3, 0.4) is 0 Å². The largest absolute Gasteiger partial charge is 0.297 e. The van der Waals surface area contributed by atoms with Crippen LogP contribution in [0.25, 0.3) is 11.8 Å². The maximum Gasteiger partial charge on any atom is 0.170 e. The van der Waals surface area contributed by atoms with Crippen LogP contribution >= 0.6 is 0 Å². The number of aromatic nitrogens is 4. The van der Waals surface area contributed by atoms with E-state index in [0.29, 0.717) is 0 Å². The molecule has 2 heterocycles. The fourth-order valence-corrected chi connectivity index (χ4v) is 3.85. The van der Waals surface area contributed by atoms with Crippen molar-refractivity contribution in [3.63, 3.8) is 0 Å². The van der Waals surface area contributed by atoms with Crippen molar-refractivity contribution in [2.75, 3.05) is 32.7 Å². The monoisotopic (exact) mass is 388 g/mol. The van der Waals surface area contributed by atoms with E-state index in [1.165, 1.54) is 16.7 Å². The van der Waals surface area contributed by atoms with E-state index in [1.54, 1.807) is 0 Å². The van der Waals surface area contributed by atoms with Gasteiger partial charge in [0.1, 0.15) is 0 Å². The van der Waals surface area contributed by atoms with Crippen molar-refractivity contribution in [1.29, 1.82) is 0 Å². The van der Waals surface area contributed by atoms with Gasteiger partial charge in [-0.3, -0.25) is 9.80 Å². The van der Waals surface area contributed by atoms with Gasteiger partial charge < -0.3 is 0 Å². The lowest BCUT2D eigenvalue weighted by Crippen LogP contribution is -2.46. The molecule has 0 radical (unpaired) electrons. The lowest BCUT2D eigenvalue weighted by Gasteiger charge is -2.33. The third-order valence-electron chi connectivity index (χ3n) is 5.49. The van der Waals surface area contributed by atoms with E-state index in [9.17, 15) is 0 Å². The zero-order chi connectivity index (χ0) is 20.1. The molecular weight excluding hydrogens is 360 g/mol. The van der Waals surface area contributed by atoms with E-state index in [0.717, 1.165) is 50.8 Å². The van der Waals surface area contributed by atoms with E-state index in [2.05, 4.69) is 93.8 Å². The first-order valence-electron chi connectivity index (χ1n) is 10.2. The topological polar surface area (TPSA) is 50.1 Å². The molecule has 1 aliphatic rings. The van der Waals surface area contributed by atoms with Crippen molar-refractivity contribution in [2.24, 2.45) is 0 Å². The minimum Gasteiger partial charge on any atom is -0.297 e. The molecule has 0 aliphatic carbocycles. The first-order chi connectivity index (χ1) is 14.2. The van der Waals surface area contributed by atoms with Gasteiger partial charge in [-0.1, -0.05) is 60.7 Å². The maximum absolute atomic E-state index is 4.31. The van der Waals surface area contributed by atoms with Gasteiger partial charge in [0.2, 0.25) is 0 Å². The Bertz CT molecular complexity index is 934. The molecule has 6 heteroatoms. The van der Waals surface area contributed by atoms with Crippen molar-refractivity contribution in [2.45, 2.75) is 20.4 Å². The SMILES string of the molecule is Cc1cccc(C)c1-n1nnnc1CN1CCN(C/C=C/c2ccccc2)CC1. The third kappa shape index (κ3) is 4.78. The first-order valence-corrected chi connectivity index (χ1v) is 10.2. The van der Waals surface area contributed by atoms with Crippen LogP contribution in [0.2, 0.25) is 0 Å². The molecule has 0 amide bonds. The number of nitrogens with zero attached hydrogens (tertiary/aromatic N) is 6. The quantitative estimate of drug-likeness (QED) is 0.649. The Kier molecular flexibility index (Phi) is 6.12. The van der Waals surface area contributed by atoms with Gasteiger partial charge in [0, 0.05) is 32.7 Å². The summed E-state index contributed by atoms with van der Waals surface area (Å²) in [5, 5.41) is 12.5. The van der Waals surface area contributed by atoms with E-state index >= 15 is 0 Å². The molecule has 0 saturated carbocycles. The number of hydrogen-bond donors (Lipinski definition) is 0. The molecule has 0 atom stereocenters. The molecule has 0 bridgehead atoms. The summed E-state index contributed by atoms with van der Waals surface area (Å²) in [6, 6.07) is 16.8. The molecule has 0 spiro atoms. The van der Waals surface area contributed by atoms with E-state index in [-0.39, 0.29) is 0 Å². The van der Waals surface area contributed by atoms with Crippen LogP contribution < -0.4 is 0 Å². The smallest absolute Gasteiger partial charge is 0.170 e. The van der Waals surface area contributed by atoms with E-state index < -0.39 is 0 Å². The molecular formula is C23H28N6. The number of tetrazole rings is 1. The summed E-state index contributed by atoms with van der Waals surface area (Å²) in [5.41, 5.74) is 4.73. The van der Waals surface area contributed by atoms with E-state index in [1.807, 2.05) is 10.7 Å². The van der Waals surface area contributed by atoms with Crippen molar-refractivity contribution < 1.29 is 0 Å². The zero-order valence-electron chi connectivity index (χ0n) is 17.2. The maximum atomic E-state index is 4.31. The van der Waals surface area contributed by atoms with Gasteiger partial charge >= 0.3 is 0 Å². The van der Waals surface area contributed by atoms with Crippen LogP contribution in [0.15, 0.2) is 54.6 Å². The Balaban J connectivity index is 1.33. The highest BCUT2D eigenvalue weighted by atomic mass is 15.5. The van der Waals surface area contributed by atoms with Gasteiger partial charge in [-0.25, -0.2) is 0 Å². The van der Waals surface area contributed by atoms with Crippen LogP contribution in [-0.4, -0.2) is 62.7 Å². The van der Waals surface area contributed by atoms with Crippen LogP contribution in [0.1, 0.15) is 22.5 Å². The fraction of sp³-hybridized carbons (Fsp3) is 0.348. The second-order valence-corrected chi connectivity index (χ2v) is 7.64. The minimum atomic E-state index is 0.772. The number of aryl methyl sites for hydroxylation is 2. The summed E-state index contributed by atoms with van der Waals surface area (Å²) in [5.74, 6) is 0.903. The highest BCUT2D eigenvalue weighted by Crippen LogP contribution is 2.19. The lowest BCUT2D eigenvalue weighted by atomic mass is 10.1. The summed E-state index contributed by atoms with van der Waals surface area (Å²) < 4.78 is 1.90. The molecule has 1 saturated heterocycles. The Morgan fingerprint density at radius 1 is 0.862 bits per heavy atom. The lowest BCUT2D eigenvalue weighted by molar-refractivity contribution is 0.134. The third-order valence-corrected chi connectivity index (χ3v) is 5.49. The van der Waals surface area contributed by atoms with Crippen LogP contribution in [-0.2, 0) is 6.54 Å². The second-order valence-electron chi connectivity index (χ2n) is 7.64. The molecule has 1 aliphatic heterocycles. The molecule has 150 valence electrons. The molecule has 0 unspecified atom stereocenters. The summed E-state index contributed by atoms with van der Waals surface area (Å²) in [7, 11) is 0. The van der Waals surface area contributed by atoms with Crippen molar-refractivity contribution >= 4 is 6.08 Å². The highest BCUT2D eigenvalue weighted by molar-refractivity contribution is 5.49. The van der Waals surface area contributed by atoms with Crippen LogP contribution in [0, 0.1) is 13.8 Å². The highest BCUT2D eigenvalue weighted by Gasteiger charge is 2.20. The standard InChI is InChI=1S/C23H28N6/c1-19-8-6-9-20(2)23(19)29-22(24-25-26-29)18-28-16-14-27(15-17-28)13-7-12-21-10-4-3-5-11-21/h3-12H,13-18H2,1-2H3/b12-7+. The molecule has 29 heavy (non-hydrogen) atoms. The number of hydrogen-bond acceptors (Lipinski definition) is 5. The Labute approximate surface area is 172 Å². The average molecular weight is 389 g/mol.